The van der Waals surface area contributed by atoms with Gasteiger partial charge in [-0.25, -0.2) is 8.42 Å². The van der Waals surface area contributed by atoms with Gasteiger partial charge in [0, 0.05) is 37.2 Å². The van der Waals surface area contributed by atoms with Crippen LogP contribution < -0.4 is 0 Å². The molecule has 2 aliphatic rings. The summed E-state index contributed by atoms with van der Waals surface area (Å²) in [7, 11) is -3.38. The lowest BCUT2D eigenvalue weighted by molar-refractivity contribution is 0.139. The molecule has 21 heavy (non-hydrogen) atoms. The Bertz CT molecular complexity index is 574. The minimum Gasteiger partial charge on any atom is -0.298 e. The molecule has 4 nitrogen and oxygen atoms in total. The minimum atomic E-state index is -3.38. The molecule has 0 spiro atoms. The van der Waals surface area contributed by atoms with Gasteiger partial charge in [-0.05, 0) is 37.1 Å². The maximum Gasteiger partial charge on any atom is 0.243 e. The van der Waals surface area contributed by atoms with Crippen molar-refractivity contribution < 1.29 is 8.42 Å². The van der Waals surface area contributed by atoms with E-state index < -0.39 is 10.0 Å². The predicted octanol–water partition coefficient (Wildman–Crippen LogP) is 2.59. The van der Waals surface area contributed by atoms with Gasteiger partial charge < -0.3 is 0 Å². The molecule has 0 aromatic heterocycles. The van der Waals surface area contributed by atoms with Crippen LogP contribution in [0.15, 0.2) is 29.2 Å². The third-order valence-corrected chi connectivity index (χ3v) is 6.73. The third kappa shape index (κ3) is 3.26. The molecule has 0 amide bonds. The van der Waals surface area contributed by atoms with E-state index in [0.717, 1.165) is 13.1 Å². The van der Waals surface area contributed by atoms with E-state index in [9.17, 15) is 8.42 Å². The van der Waals surface area contributed by atoms with Crippen LogP contribution in [-0.2, 0) is 10.0 Å². The van der Waals surface area contributed by atoms with Crippen LogP contribution in [0.2, 0.25) is 5.02 Å². The van der Waals surface area contributed by atoms with Crippen LogP contribution in [0.25, 0.3) is 0 Å². The minimum absolute atomic E-state index is 0.334. The quantitative estimate of drug-likeness (QED) is 0.856. The number of halogens is 1. The Hall–Kier alpha value is -0.620. The lowest BCUT2D eigenvalue weighted by Gasteiger charge is -2.37. The topological polar surface area (TPSA) is 40.6 Å². The molecule has 0 unspecified atom stereocenters. The van der Waals surface area contributed by atoms with E-state index in [2.05, 4.69) is 4.90 Å². The Kier molecular flexibility index (Phi) is 4.54. The highest BCUT2D eigenvalue weighted by Crippen LogP contribution is 2.26. The second-order valence-electron chi connectivity index (χ2n) is 5.83. The van der Waals surface area contributed by atoms with E-state index in [1.54, 1.807) is 28.6 Å². The van der Waals surface area contributed by atoms with Crippen molar-refractivity contribution in [1.82, 2.24) is 9.21 Å². The molecule has 0 radical (unpaired) electrons. The molecule has 1 aromatic carbocycles. The largest absolute Gasteiger partial charge is 0.298 e. The highest BCUT2D eigenvalue weighted by molar-refractivity contribution is 7.89. The zero-order valence-corrected chi connectivity index (χ0v) is 13.6. The first kappa shape index (κ1) is 15.3. The summed E-state index contributed by atoms with van der Waals surface area (Å²) in [4.78, 5) is 2.79. The molecule has 0 atom stereocenters. The average molecular weight is 329 g/mol. The number of benzene rings is 1. The Labute approximate surface area is 131 Å². The first-order chi connectivity index (χ1) is 10.1. The van der Waals surface area contributed by atoms with Crippen molar-refractivity contribution in [3.05, 3.63) is 29.3 Å². The van der Waals surface area contributed by atoms with Gasteiger partial charge in [0.15, 0.2) is 0 Å². The van der Waals surface area contributed by atoms with E-state index >= 15 is 0 Å². The van der Waals surface area contributed by atoms with Crippen LogP contribution in [-0.4, -0.2) is 49.8 Å². The Morgan fingerprint density at radius 1 is 0.952 bits per heavy atom. The summed E-state index contributed by atoms with van der Waals surface area (Å²) in [6.07, 6.45) is 5.16. The molecule has 1 saturated carbocycles. The summed E-state index contributed by atoms with van der Waals surface area (Å²) < 4.78 is 26.8. The molecule has 6 heteroatoms. The lowest BCUT2D eigenvalue weighted by Crippen LogP contribution is -2.51. The van der Waals surface area contributed by atoms with Crippen molar-refractivity contribution in [3.63, 3.8) is 0 Å². The fraction of sp³-hybridized carbons (Fsp3) is 0.600. The summed E-state index contributed by atoms with van der Waals surface area (Å²) >= 11 is 5.82. The van der Waals surface area contributed by atoms with Gasteiger partial charge in [0.05, 0.1) is 4.90 Å². The SMILES string of the molecule is O=S(=O)(c1ccc(Cl)cc1)N1CCN(C2CCCC2)CC1. The van der Waals surface area contributed by atoms with Crippen molar-refractivity contribution in [2.45, 2.75) is 36.6 Å². The molecule has 1 aromatic rings. The summed E-state index contributed by atoms with van der Waals surface area (Å²) in [5, 5.41) is 0.556. The third-order valence-electron chi connectivity index (χ3n) is 4.57. The highest BCUT2D eigenvalue weighted by Gasteiger charge is 2.31. The number of nitrogens with zero attached hydrogens (tertiary/aromatic N) is 2. The zero-order valence-electron chi connectivity index (χ0n) is 12.0. The molecule has 1 aliphatic carbocycles. The summed E-state index contributed by atoms with van der Waals surface area (Å²) in [6, 6.07) is 7.10. The molecule has 3 rings (SSSR count). The van der Waals surface area contributed by atoms with Gasteiger partial charge >= 0.3 is 0 Å². The smallest absolute Gasteiger partial charge is 0.243 e. The van der Waals surface area contributed by atoms with Gasteiger partial charge in [-0.1, -0.05) is 24.4 Å². The predicted molar refractivity (Wildman–Crippen MR) is 84.0 cm³/mol. The molecule has 2 fully saturated rings. The number of rotatable bonds is 3. The van der Waals surface area contributed by atoms with Crippen LogP contribution >= 0.6 is 11.6 Å². The van der Waals surface area contributed by atoms with Crippen LogP contribution in [0.5, 0.6) is 0 Å². The summed E-state index contributed by atoms with van der Waals surface area (Å²) in [5.41, 5.74) is 0. The van der Waals surface area contributed by atoms with Gasteiger partial charge in [-0.2, -0.15) is 4.31 Å². The molecule has 1 aliphatic heterocycles. The second kappa shape index (κ2) is 6.24. The standard InChI is InChI=1S/C15H21ClN2O2S/c16-13-5-7-15(8-6-13)21(19,20)18-11-9-17(10-12-18)14-3-1-2-4-14/h5-8,14H,1-4,9-12H2. The van der Waals surface area contributed by atoms with Gasteiger partial charge in [-0.15, -0.1) is 0 Å². The van der Waals surface area contributed by atoms with Crippen LogP contribution in [0.4, 0.5) is 0 Å². The lowest BCUT2D eigenvalue weighted by atomic mass is 10.2. The van der Waals surface area contributed by atoms with Crippen molar-refractivity contribution in [2.75, 3.05) is 26.2 Å². The maximum absolute atomic E-state index is 12.6. The van der Waals surface area contributed by atoms with E-state index in [-0.39, 0.29) is 0 Å². The van der Waals surface area contributed by atoms with Gasteiger partial charge in [-0.3, -0.25) is 4.90 Å². The van der Waals surface area contributed by atoms with E-state index in [4.69, 9.17) is 11.6 Å². The first-order valence-electron chi connectivity index (χ1n) is 7.57. The Morgan fingerprint density at radius 2 is 1.52 bits per heavy atom. The van der Waals surface area contributed by atoms with Crippen molar-refractivity contribution >= 4 is 21.6 Å². The summed E-state index contributed by atoms with van der Waals surface area (Å²) in [6.45, 7) is 2.86. The summed E-state index contributed by atoms with van der Waals surface area (Å²) in [5.74, 6) is 0. The second-order valence-corrected chi connectivity index (χ2v) is 8.21. The van der Waals surface area contributed by atoms with Crippen LogP contribution in [0.3, 0.4) is 0 Å². The molecular weight excluding hydrogens is 308 g/mol. The Morgan fingerprint density at radius 3 is 2.10 bits per heavy atom. The fourth-order valence-corrected chi connectivity index (χ4v) is 4.88. The number of hydrogen-bond donors (Lipinski definition) is 0. The fourth-order valence-electron chi connectivity index (χ4n) is 3.33. The van der Waals surface area contributed by atoms with Crippen LogP contribution in [0.1, 0.15) is 25.7 Å². The highest BCUT2D eigenvalue weighted by atomic mass is 35.5. The molecule has 1 saturated heterocycles. The normalized spacial score (nSPS) is 22.7. The van der Waals surface area contributed by atoms with Crippen molar-refractivity contribution in [2.24, 2.45) is 0 Å². The first-order valence-corrected chi connectivity index (χ1v) is 9.39. The Balaban J connectivity index is 1.66. The van der Waals surface area contributed by atoms with Crippen molar-refractivity contribution in [3.8, 4) is 0 Å². The molecule has 0 N–H and O–H groups in total. The van der Waals surface area contributed by atoms with Gasteiger partial charge in [0.1, 0.15) is 0 Å². The zero-order chi connectivity index (χ0) is 14.9. The van der Waals surface area contributed by atoms with Crippen molar-refractivity contribution in [1.29, 1.82) is 0 Å². The number of piperazine rings is 1. The maximum atomic E-state index is 12.6. The van der Waals surface area contributed by atoms with Gasteiger partial charge in [0.25, 0.3) is 0 Å². The van der Waals surface area contributed by atoms with E-state index in [0.29, 0.717) is 29.0 Å². The number of hydrogen-bond acceptors (Lipinski definition) is 3. The van der Waals surface area contributed by atoms with Gasteiger partial charge in [0.2, 0.25) is 10.0 Å². The molecular formula is C15H21ClN2O2S. The average Bonchev–Trinajstić information content (AvgIpc) is 3.02. The van der Waals surface area contributed by atoms with E-state index in [1.165, 1.54) is 25.7 Å². The molecule has 116 valence electrons. The molecule has 0 bridgehead atoms. The number of sulfonamides is 1. The van der Waals surface area contributed by atoms with E-state index in [1.807, 2.05) is 0 Å². The molecule has 1 heterocycles. The monoisotopic (exact) mass is 328 g/mol. The van der Waals surface area contributed by atoms with Crippen LogP contribution in [0, 0.1) is 0 Å².